The number of hydrogen-bond donors (Lipinski definition) is 1. The maximum atomic E-state index is 6.14. The summed E-state index contributed by atoms with van der Waals surface area (Å²) in [6.45, 7) is 0.736. The smallest absolute Gasteiger partial charge is 0.192 e. The molecule has 90 valence electrons. The van der Waals surface area contributed by atoms with Crippen molar-refractivity contribution in [1.29, 1.82) is 0 Å². The fourth-order valence-electron chi connectivity index (χ4n) is 2.29. The highest BCUT2D eigenvalue weighted by Crippen LogP contribution is 2.38. The summed E-state index contributed by atoms with van der Waals surface area (Å²) in [4.78, 5) is 6.59. The van der Waals surface area contributed by atoms with Crippen molar-refractivity contribution in [3.63, 3.8) is 0 Å². The minimum Gasteiger partial charge on any atom is -0.370 e. The van der Waals surface area contributed by atoms with Crippen LogP contribution < -0.4 is 5.73 Å². The topological polar surface area (TPSA) is 41.6 Å². The average molecular weight is 315 g/mol. The molecule has 2 N–H and O–H groups in total. The molecule has 1 aliphatic heterocycles. The lowest BCUT2D eigenvalue weighted by atomic mass is 10.1. The van der Waals surface area contributed by atoms with E-state index in [2.05, 4.69) is 31.9 Å². The molecule has 1 aromatic carbocycles. The zero-order valence-electron chi connectivity index (χ0n) is 9.24. The standard InChI is InChI=1S/C12H13BrClN3/c13-9-4-1-7(5-10(9)14)11-6-16-12(15)17(11)8-2-3-8/h1,4-5,8,11H,2-3,6H2,(H2,15,16). The molecule has 0 spiro atoms. The monoisotopic (exact) mass is 313 g/mol. The van der Waals surface area contributed by atoms with E-state index in [9.17, 15) is 0 Å². The van der Waals surface area contributed by atoms with Gasteiger partial charge in [0, 0.05) is 10.5 Å². The van der Waals surface area contributed by atoms with Gasteiger partial charge in [0.15, 0.2) is 5.96 Å². The van der Waals surface area contributed by atoms with Crippen LogP contribution in [0.3, 0.4) is 0 Å². The Morgan fingerprint density at radius 2 is 2.18 bits per heavy atom. The van der Waals surface area contributed by atoms with Crippen molar-refractivity contribution in [1.82, 2.24) is 4.90 Å². The largest absolute Gasteiger partial charge is 0.370 e. The lowest BCUT2D eigenvalue weighted by molar-refractivity contribution is 0.338. The first kappa shape index (κ1) is 11.4. The molecule has 0 aromatic heterocycles. The van der Waals surface area contributed by atoms with Crippen LogP contribution in [0.25, 0.3) is 0 Å². The number of guanidine groups is 1. The quantitative estimate of drug-likeness (QED) is 0.912. The van der Waals surface area contributed by atoms with E-state index in [0.717, 1.165) is 16.0 Å². The van der Waals surface area contributed by atoms with Crippen LogP contribution in [0.1, 0.15) is 24.4 Å². The highest BCUT2D eigenvalue weighted by Gasteiger charge is 2.38. The summed E-state index contributed by atoms with van der Waals surface area (Å²) in [5, 5.41) is 0.740. The SMILES string of the molecule is NC1=NCC(c2ccc(Br)c(Cl)c2)N1C1CC1. The van der Waals surface area contributed by atoms with E-state index in [1.54, 1.807) is 0 Å². The third-order valence-electron chi connectivity index (χ3n) is 3.30. The van der Waals surface area contributed by atoms with Gasteiger partial charge in [-0.15, -0.1) is 0 Å². The summed E-state index contributed by atoms with van der Waals surface area (Å²) in [5.74, 6) is 0.677. The van der Waals surface area contributed by atoms with E-state index in [1.807, 2.05) is 12.1 Å². The minimum atomic E-state index is 0.257. The summed E-state index contributed by atoms with van der Waals surface area (Å²) in [5.41, 5.74) is 7.14. The third-order valence-corrected chi connectivity index (χ3v) is 4.53. The highest BCUT2D eigenvalue weighted by atomic mass is 79.9. The van der Waals surface area contributed by atoms with Gasteiger partial charge in [0.05, 0.1) is 17.6 Å². The number of halogens is 2. The molecule has 0 saturated heterocycles. The van der Waals surface area contributed by atoms with Gasteiger partial charge in [0.2, 0.25) is 0 Å². The second kappa shape index (κ2) is 4.18. The predicted octanol–water partition coefficient (Wildman–Crippen LogP) is 2.94. The van der Waals surface area contributed by atoms with E-state index in [0.29, 0.717) is 12.0 Å². The highest BCUT2D eigenvalue weighted by molar-refractivity contribution is 9.10. The zero-order valence-corrected chi connectivity index (χ0v) is 11.6. The van der Waals surface area contributed by atoms with Crippen LogP contribution in [-0.4, -0.2) is 23.4 Å². The van der Waals surface area contributed by atoms with Crippen LogP contribution in [0.15, 0.2) is 27.7 Å². The van der Waals surface area contributed by atoms with E-state index < -0.39 is 0 Å². The Morgan fingerprint density at radius 1 is 1.41 bits per heavy atom. The summed E-state index contributed by atoms with van der Waals surface area (Å²) in [7, 11) is 0. The second-order valence-electron chi connectivity index (χ2n) is 4.53. The first-order chi connectivity index (χ1) is 8.16. The van der Waals surface area contributed by atoms with Crippen LogP contribution in [0.4, 0.5) is 0 Å². The lowest BCUT2D eigenvalue weighted by Gasteiger charge is -2.26. The zero-order chi connectivity index (χ0) is 12.0. The maximum Gasteiger partial charge on any atom is 0.192 e. The van der Waals surface area contributed by atoms with Crippen LogP contribution in [0, 0.1) is 0 Å². The predicted molar refractivity (Wildman–Crippen MR) is 73.2 cm³/mol. The van der Waals surface area contributed by atoms with E-state index in [-0.39, 0.29) is 6.04 Å². The molecule has 5 heteroatoms. The number of nitrogens with zero attached hydrogens (tertiary/aromatic N) is 2. The van der Waals surface area contributed by atoms with Gasteiger partial charge >= 0.3 is 0 Å². The molecule has 1 saturated carbocycles. The molecule has 0 bridgehead atoms. The molecule has 0 radical (unpaired) electrons. The van der Waals surface area contributed by atoms with Gasteiger partial charge in [0.25, 0.3) is 0 Å². The summed E-state index contributed by atoms with van der Waals surface area (Å²) < 4.78 is 0.924. The van der Waals surface area contributed by atoms with Gasteiger partial charge in [0.1, 0.15) is 0 Å². The molecule has 3 nitrogen and oxygen atoms in total. The summed E-state index contributed by atoms with van der Waals surface area (Å²) in [6.07, 6.45) is 2.44. The molecular formula is C12H13BrClN3. The van der Waals surface area contributed by atoms with Crippen LogP contribution >= 0.6 is 27.5 Å². The van der Waals surface area contributed by atoms with Gasteiger partial charge < -0.3 is 10.6 Å². The Balaban J connectivity index is 1.91. The van der Waals surface area contributed by atoms with Crippen molar-refractivity contribution in [2.24, 2.45) is 10.7 Å². The summed E-state index contributed by atoms with van der Waals surface area (Å²) in [6, 6.07) is 6.91. The molecule has 1 unspecified atom stereocenters. The molecule has 1 heterocycles. The van der Waals surface area contributed by atoms with Gasteiger partial charge in [-0.1, -0.05) is 17.7 Å². The van der Waals surface area contributed by atoms with Gasteiger partial charge in [-0.05, 0) is 46.5 Å². The Labute approximate surface area is 114 Å². The van der Waals surface area contributed by atoms with Gasteiger partial charge in [-0.25, -0.2) is 0 Å². The first-order valence-corrected chi connectivity index (χ1v) is 6.87. The van der Waals surface area contributed by atoms with Crippen molar-refractivity contribution in [3.8, 4) is 0 Å². The molecule has 1 aliphatic carbocycles. The van der Waals surface area contributed by atoms with Crippen LogP contribution in [-0.2, 0) is 0 Å². The van der Waals surface area contributed by atoms with Crippen molar-refractivity contribution in [2.45, 2.75) is 24.9 Å². The number of nitrogens with two attached hydrogens (primary N) is 1. The molecule has 0 amide bonds. The normalized spacial score (nSPS) is 24.0. The Hall–Kier alpha value is -0.740. The van der Waals surface area contributed by atoms with Gasteiger partial charge in [-0.2, -0.15) is 0 Å². The van der Waals surface area contributed by atoms with E-state index >= 15 is 0 Å². The van der Waals surface area contributed by atoms with E-state index in [4.69, 9.17) is 17.3 Å². The molecule has 3 rings (SSSR count). The Kier molecular flexibility index (Phi) is 2.79. The molecule has 1 atom stereocenters. The van der Waals surface area contributed by atoms with Crippen molar-refractivity contribution in [2.75, 3.05) is 6.54 Å². The molecule has 2 aliphatic rings. The molecule has 17 heavy (non-hydrogen) atoms. The maximum absolute atomic E-state index is 6.14. The third kappa shape index (κ3) is 2.04. The van der Waals surface area contributed by atoms with Crippen molar-refractivity contribution in [3.05, 3.63) is 33.3 Å². The van der Waals surface area contributed by atoms with E-state index in [1.165, 1.54) is 18.4 Å². The van der Waals surface area contributed by atoms with Gasteiger partial charge in [-0.3, -0.25) is 4.99 Å². The van der Waals surface area contributed by atoms with Crippen LogP contribution in [0.2, 0.25) is 5.02 Å². The Morgan fingerprint density at radius 3 is 2.82 bits per heavy atom. The molecular weight excluding hydrogens is 302 g/mol. The van der Waals surface area contributed by atoms with Crippen LogP contribution in [0.5, 0.6) is 0 Å². The van der Waals surface area contributed by atoms with Crippen molar-refractivity contribution < 1.29 is 0 Å². The fraction of sp³-hybridized carbons (Fsp3) is 0.417. The fourth-order valence-corrected chi connectivity index (χ4v) is 2.72. The lowest BCUT2D eigenvalue weighted by Crippen LogP contribution is -2.37. The number of hydrogen-bond acceptors (Lipinski definition) is 3. The average Bonchev–Trinajstić information content (AvgIpc) is 3.06. The Bertz CT molecular complexity index is 485. The number of rotatable bonds is 2. The minimum absolute atomic E-state index is 0.257. The number of aliphatic imine (C=N–C) groups is 1. The second-order valence-corrected chi connectivity index (χ2v) is 5.79. The number of benzene rings is 1. The summed E-state index contributed by atoms with van der Waals surface area (Å²) >= 11 is 9.54. The van der Waals surface area contributed by atoms with Crippen molar-refractivity contribution >= 4 is 33.5 Å². The first-order valence-electron chi connectivity index (χ1n) is 5.70. The molecule has 1 aromatic rings. The molecule has 1 fully saturated rings.